The van der Waals surface area contributed by atoms with E-state index in [1.165, 1.54) is 6.26 Å². The summed E-state index contributed by atoms with van der Waals surface area (Å²) in [5, 5.41) is 2.91. The van der Waals surface area contributed by atoms with Crippen LogP contribution in [0.2, 0.25) is 0 Å². The van der Waals surface area contributed by atoms with Gasteiger partial charge in [-0.1, -0.05) is 12.1 Å². The van der Waals surface area contributed by atoms with Crippen molar-refractivity contribution in [1.82, 2.24) is 9.97 Å². The smallest absolute Gasteiger partial charge is 0.227 e. The average molecular weight is 280 g/mol. The van der Waals surface area contributed by atoms with Gasteiger partial charge >= 0.3 is 0 Å². The second kappa shape index (κ2) is 5.31. The van der Waals surface area contributed by atoms with Gasteiger partial charge in [0.05, 0.1) is 18.1 Å². The van der Waals surface area contributed by atoms with Gasteiger partial charge in [-0.3, -0.25) is 4.78 Å². The number of aromatic nitrogens is 2. The highest BCUT2D eigenvalue weighted by Crippen LogP contribution is 2.16. The number of rotatable bonds is 4. The summed E-state index contributed by atoms with van der Waals surface area (Å²) in [6, 6.07) is 7.14. The second-order valence-corrected chi connectivity index (χ2v) is 6.50. The van der Waals surface area contributed by atoms with Crippen molar-refractivity contribution < 1.29 is 8.60 Å². The minimum absolute atomic E-state index is 0.187. The van der Waals surface area contributed by atoms with Crippen molar-refractivity contribution in [3.8, 4) is 0 Å². The first-order valence-electron chi connectivity index (χ1n) is 5.47. The normalized spacial score (nSPS) is 13.8. The lowest BCUT2D eigenvalue weighted by molar-refractivity contribution is 0.614. The van der Waals surface area contributed by atoms with Gasteiger partial charge in [-0.2, -0.15) is 0 Å². The molecule has 0 radical (unpaired) electrons. The van der Waals surface area contributed by atoms with E-state index in [9.17, 15) is 8.60 Å². The molecule has 0 spiro atoms. The van der Waals surface area contributed by atoms with E-state index in [1.807, 2.05) is 0 Å². The molecule has 0 fully saturated rings. The van der Waals surface area contributed by atoms with Gasteiger partial charge in [-0.25, -0.2) is 18.6 Å². The molecule has 1 heterocycles. The van der Waals surface area contributed by atoms with Crippen molar-refractivity contribution in [2.24, 2.45) is 0 Å². The number of nitrogens with zero attached hydrogens (tertiary/aromatic N) is 2. The molecule has 7 heteroatoms. The Morgan fingerprint density at radius 2 is 2.05 bits per heavy atom. The van der Waals surface area contributed by atoms with Gasteiger partial charge in [0.1, 0.15) is 0 Å². The molecule has 0 amide bonds. The molecular weight excluding hydrogens is 267 g/mol. The van der Waals surface area contributed by atoms with Crippen LogP contribution in [0.5, 0.6) is 0 Å². The van der Waals surface area contributed by atoms with Gasteiger partial charge in [0, 0.05) is 21.7 Å². The van der Waals surface area contributed by atoms with Crippen molar-refractivity contribution in [2.75, 3.05) is 11.6 Å². The molecule has 19 heavy (non-hydrogen) atoms. The summed E-state index contributed by atoms with van der Waals surface area (Å²) in [5.74, 6) is -0.0341. The SMILES string of the molecule is CS(=N)(=O)Cc1cccc(Nc2ncc(F)cn2)c1. The van der Waals surface area contributed by atoms with Gasteiger partial charge in [-0.05, 0) is 17.7 Å². The second-order valence-electron chi connectivity index (χ2n) is 4.20. The molecular formula is C12H13FN4OS. The average Bonchev–Trinajstić information content (AvgIpc) is 2.30. The topological polar surface area (TPSA) is 78.7 Å². The Hall–Kier alpha value is -2.02. The van der Waals surface area contributed by atoms with E-state index in [2.05, 4.69) is 15.3 Å². The fourth-order valence-electron chi connectivity index (χ4n) is 1.56. The highest BCUT2D eigenvalue weighted by atomic mass is 32.2. The van der Waals surface area contributed by atoms with Crippen molar-refractivity contribution >= 4 is 21.4 Å². The Morgan fingerprint density at radius 1 is 1.37 bits per heavy atom. The predicted molar refractivity (Wildman–Crippen MR) is 72.2 cm³/mol. The van der Waals surface area contributed by atoms with Gasteiger partial charge < -0.3 is 5.32 Å². The monoisotopic (exact) mass is 280 g/mol. The van der Waals surface area contributed by atoms with Crippen molar-refractivity contribution in [3.05, 3.63) is 48.0 Å². The summed E-state index contributed by atoms with van der Waals surface area (Å²) in [6.07, 6.45) is 3.54. The first kappa shape index (κ1) is 13.4. The van der Waals surface area contributed by atoms with Crippen LogP contribution in [0.15, 0.2) is 36.7 Å². The van der Waals surface area contributed by atoms with E-state index in [4.69, 9.17) is 4.78 Å². The minimum Gasteiger partial charge on any atom is -0.324 e. The van der Waals surface area contributed by atoms with Crippen LogP contribution in [0.4, 0.5) is 16.0 Å². The van der Waals surface area contributed by atoms with E-state index >= 15 is 0 Å². The molecule has 0 aliphatic heterocycles. The van der Waals surface area contributed by atoms with Gasteiger partial charge in [-0.15, -0.1) is 0 Å². The van der Waals surface area contributed by atoms with Crippen molar-refractivity contribution in [1.29, 1.82) is 4.78 Å². The van der Waals surface area contributed by atoms with E-state index in [1.54, 1.807) is 24.3 Å². The first-order chi connectivity index (χ1) is 8.92. The number of anilines is 2. The van der Waals surface area contributed by atoms with Crippen LogP contribution in [-0.2, 0) is 15.5 Å². The molecule has 0 saturated heterocycles. The van der Waals surface area contributed by atoms with E-state index in [-0.39, 0.29) is 11.7 Å². The van der Waals surface area contributed by atoms with Gasteiger partial charge in [0.2, 0.25) is 5.95 Å². The molecule has 0 aliphatic rings. The quantitative estimate of drug-likeness (QED) is 0.902. The van der Waals surface area contributed by atoms with E-state index < -0.39 is 15.5 Å². The van der Waals surface area contributed by atoms with Gasteiger partial charge in [0.25, 0.3) is 0 Å². The van der Waals surface area contributed by atoms with Crippen LogP contribution in [0.25, 0.3) is 0 Å². The fraction of sp³-hybridized carbons (Fsp3) is 0.167. The largest absolute Gasteiger partial charge is 0.324 e. The van der Waals surface area contributed by atoms with Crippen LogP contribution in [-0.4, -0.2) is 20.4 Å². The Kier molecular flexibility index (Phi) is 3.75. The molecule has 100 valence electrons. The Labute approximate surface area is 110 Å². The summed E-state index contributed by atoms with van der Waals surface area (Å²) in [7, 11) is -2.58. The Bertz CT molecular complexity index is 670. The molecule has 1 atom stereocenters. The molecule has 1 unspecified atom stereocenters. The van der Waals surface area contributed by atoms with Crippen LogP contribution >= 0.6 is 0 Å². The third-order valence-electron chi connectivity index (χ3n) is 2.25. The molecule has 5 nitrogen and oxygen atoms in total. The van der Waals surface area contributed by atoms with Crippen molar-refractivity contribution in [2.45, 2.75) is 5.75 Å². The number of benzene rings is 1. The fourth-order valence-corrected chi connectivity index (χ4v) is 2.38. The molecule has 2 rings (SSSR count). The molecule has 0 aliphatic carbocycles. The Balaban J connectivity index is 2.17. The maximum atomic E-state index is 12.7. The lowest BCUT2D eigenvalue weighted by atomic mass is 10.2. The van der Waals surface area contributed by atoms with E-state index in [0.29, 0.717) is 5.69 Å². The lowest BCUT2D eigenvalue weighted by Crippen LogP contribution is -2.01. The zero-order chi connectivity index (χ0) is 13.9. The standard InChI is InChI=1S/C12H13FN4OS/c1-19(14,18)8-9-3-2-4-11(5-9)17-12-15-6-10(13)7-16-12/h2-7,14H,8H2,1H3,(H,15,16,17). The molecule has 1 aromatic heterocycles. The van der Waals surface area contributed by atoms with Crippen LogP contribution in [0.3, 0.4) is 0 Å². The highest BCUT2D eigenvalue weighted by Gasteiger charge is 2.03. The maximum absolute atomic E-state index is 12.7. The number of hydrogen-bond acceptors (Lipinski definition) is 5. The van der Waals surface area contributed by atoms with Crippen LogP contribution < -0.4 is 5.32 Å². The number of nitrogens with one attached hydrogen (secondary N) is 2. The van der Waals surface area contributed by atoms with E-state index in [0.717, 1.165) is 18.0 Å². The number of halogens is 1. The number of hydrogen-bond donors (Lipinski definition) is 2. The summed E-state index contributed by atoms with van der Waals surface area (Å²) < 4.78 is 31.5. The third kappa shape index (κ3) is 4.29. The van der Waals surface area contributed by atoms with Crippen molar-refractivity contribution in [3.63, 3.8) is 0 Å². The van der Waals surface area contributed by atoms with Gasteiger partial charge in [0.15, 0.2) is 5.82 Å². The van der Waals surface area contributed by atoms with Crippen LogP contribution in [0.1, 0.15) is 5.56 Å². The molecule has 0 bridgehead atoms. The highest BCUT2D eigenvalue weighted by molar-refractivity contribution is 7.90. The lowest BCUT2D eigenvalue weighted by Gasteiger charge is -2.07. The summed E-state index contributed by atoms with van der Waals surface area (Å²) in [4.78, 5) is 7.57. The molecule has 2 aromatic rings. The zero-order valence-electron chi connectivity index (χ0n) is 10.3. The minimum atomic E-state index is -2.58. The third-order valence-corrected chi connectivity index (χ3v) is 3.13. The molecule has 2 N–H and O–H groups in total. The molecule has 0 saturated carbocycles. The predicted octanol–water partition coefficient (Wildman–Crippen LogP) is 2.54. The maximum Gasteiger partial charge on any atom is 0.227 e. The molecule has 1 aromatic carbocycles. The van der Waals surface area contributed by atoms with Crippen LogP contribution in [0, 0.1) is 10.6 Å². The zero-order valence-corrected chi connectivity index (χ0v) is 11.1. The Morgan fingerprint density at radius 3 is 2.68 bits per heavy atom. The summed E-state index contributed by atoms with van der Waals surface area (Å²) in [5.41, 5.74) is 1.49. The summed E-state index contributed by atoms with van der Waals surface area (Å²) in [6.45, 7) is 0. The summed E-state index contributed by atoms with van der Waals surface area (Å²) >= 11 is 0. The first-order valence-corrected chi connectivity index (χ1v) is 7.61.